The van der Waals surface area contributed by atoms with Crippen LogP contribution in [0.3, 0.4) is 0 Å². The molecular formula is C12H27N3. The number of unbranched alkanes of at least 4 members (excludes halogenated alkanes) is 1. The molecule has 0 bridgehead atoms. The number of likely N-dealkylation sites (N-methyl/N-ethyl adjacent to an activating group) is 1. The highest BCUT2D eigenvalue weighted by Gasteiger charge is 2.19. The average Bonchev–Trinajstić information content (AvgIpc) is 2.45. The molecular weight excluding hydrogens is 186 g/mol. The summed E-state index contributed by atoms with van der Waals surface area (Å²) in [6, 6.07) is 0.622. The van der Waals surface area contributed by atoms with Crippen molar-refractivity contribution in [1.82, 2.24) is 9.80 Å². The van der Waals surface area contributed by atoms with Gasteiger partial charge in [0.2, 0.25) is 0 Å². The SMILES string of the molecule is CCCCC(CN)N1CCCN(C)CC1. The second-order valence-corrected chi connectivity index (χ2v) is 4.72. The zero-order valence-corrected chi connectivity index (χ0v) is 10.4. The summed E-state index contributed by atoms with van der Waals surface area (Å²) >= 11 is 0. The molecule has 0 saturated carbocycles. The molecule has 0 aliphatic carbocycles. The maximum absolute atomic E-state index is 5.87. The van der Waals surface area contributed by atoms with Gasteiger partial charge < -0.3 is 10.6 Å². The summed E-state index contributed by atoms with van der Waals surface area (Å²) in [5, 5.41) is 0. The Balaban J connectivity index is 2.37. The van der Waals surface area contributed by atoms with Crippen molar-refractivity contribution in [2.75, 3.05) is 39.8 Å². The molecule has 1 rings (SSSR count). The Hall–Kier alpha value is -0.120. The third kappa shape index (κ3) is 4.49. The molecule has 0 aromatic rings. The van der Waals surface area contributed by atoms with Crippen LogP contribution in [0.5, 0.6) is 0 Å². The summed E-state index contributed by atoms with van der Waals surface area (Å²) in [4.78, 5) is 5.02. The molecule has 1 saturated heterocycles. The summed E-state index contributed by atoms with van der Waals surface area (Å²) < 4.78 is 0. The highest BCUT2D eigenvalue weighted by atomic mass is 15.2. The van der Waals surface area contributed by atoms with E-state index in [0.717, 1.165) is 6.54 Å². The van der Waals surface area contributed by atoms with Gasteiger partial charge in [-0.05, 0) is 33.0 Å². The Labute approximate surface area is 94.6 Å². The average molecular weight is 213 g/mol. The normalized spacial score (nSPS) is 22.6. The largest absolute Gasteiger partial charge is 0.329 e. The molecule has 3 heteroatoms. The van der Waals surface area contributed by atoms with Crippen LogP contribution in [0.4, 0.5) is 0 Å². The number of hydrogen-bond donors (Lipinski definition) is 1. The summed E-state index contributed by atoms with van der Waals surface area (Å²) in [5.41, 5.74) is 5.87. The number of nitrogens with zero attached hydrogens (tertiary/aromatic N) is 2. The molecule has 0 aromatic carbocycles. The summed E-state index contributed by atoms with van der Waals surface area (Å²) in [7, 11) is 2.22. The van der Waals surface area contributed by atoms with Crippen LogP contribution in [0.1, 0.15) is 32.6 Å². The van der Waals surface area contributed by atoms with E-state index in [1.807, 2.05) is 0 Å². The van der Waals surface area contributed by atoms with Crippen molar-refractivity contribution in [2.45, 2.75) is 38.6 Å². The van der Waals surface area contributed by atoms with Crippen LogP contribution in [-0.2, 0) is 0 Å². The molecule has 1 aliphatic heterocycles. The molecule has 0 amide bonds. The predicted molar refractivity (Wildman–Crippen MR) is 66.1 cm³/mol. The van der Waals surface area contributed by atoms with Gasteiger partial charge in [-0.3, -0.25) is 4.90 Å². The summed E-state index contributed by atoms with van der Waals surface area (Å²) in [5.74, 6) is 0. The van der Waals surface area contributed by atoms with E-state index in [1.54, 1.807) is 0 Å². The fourth-order valence-electron chi connectivity index (χ4n) is 2.32. The first-order valence-electron chi connectivity index (χ1n) is 6.40. The van der Waals surface area contributed by atoms with Gasteiger partial charge in [-0.15, -0.1) is 0 Å². The van der Waals surface area contributed by atoms with Crippen LogP contribution in [0, 0.1) is 0 Å². The Morgan fingerprint density at radius 2 is 2.00 bits per heavy atom. The third-order valence-corrected chi connectivity index (χ3v) is 3.43. The van der Waals surface area contributed by atoms with Crippen LogP contribution in [0.2, 0.25) is 0 Å². The van der Waals surface area contributed by atoms with E-state index in [-0.39, 0.29) is 0 Å². The zero-order valence-electron chi connectivity index (χ0n) is 10.4. The van der Waals surface area contributed by atoms with E-state index in [9.17, 15) is 0 Å². The molecule has 1 aliphatic rings. The second-order valence-electron chi connectivity index (χ2n) is 4.72. The minimum atomic E-state index is 0.622. The lowest BCUT2D eigenvalue weighted by molar-refractivity contribution is 0.194. The molecule has 0 aromatic heterocycles. The fraction of sp³-hybridized carbons (Fsp3) is 1.00. The highest BCUT2D eigenvalue weighted by molar-refractivity contribution is 4.76. The molecule has 1 atom stereocenters. The van der Waals surface area contributed by atoms with E-state index in [1.165, 1.54) is 51.9 Å². The maximum Gasteiger partial charge on any atom is 0.0218 e. The number of hydrogen-bond acceptors (Lipinski definition) is 3. The maximum atomic E-state index is 5.87. The molecule has 15 heavy (non-hydrogen) atoms. The van der Waals surface area contributed by atoms with Crippen molar-refractivity contribution >= 4 is 0 Å². The van der Waals surface area contributed by atoms with Gasteiger partial charge in [-0.1, -0.05) is 19.8 Å². The Kier molecular flexibility index (Phi) is 6.22. The van der Waals surface area contributed by atoms with Gasteiger partial charge in [0, 0.05) is 25.7 Å². The Morgan fingerprint density at radius 3 is 2.67 bits per heavy atom. The molecule has 0 spiro atoms. The molecule has 1 fully saturated rings. The minimum Gasteiger partial charge on any atom is -0.329 e. The standard InChI is InChI=1S/C12H27N3/c1-3-4-6-12(11-13)15-8-5-7-14(2)9-10-15/h12H,3-11,13H2,1-2H3. The molecule has 2 N–H and O–H groups in total. The lowest BCUT2D eigenvalue weighted by Gasteiger charge is -2.29. The van der Waals surface area contributed by atoms with Crippen LogP contribution in [-0.4, -0.2) is 55.6 Å². The van der Waals surface area contributed by atoms with Crippen molar-refractivity contribution < 1.29 is 0 Å². The van der Waals surface area contributed by atoms with Gasteiger partial charge in [0.1, 0.15) is 0 Å². The lowest BCUT2D eigenvalue weighted by Crippen LogP contribution is -2.42. The molecule has 0 radical (unpaired) electrons. The first-order valence-corrected chi connectivity index (χ1v) is 6.40. The van der Waals surface area contributed by atoms with Crippen molar-refractivity contribution in [2.24, 2.45) is 5.73 Å². The van der Waals surface area contributed by atoms with E-state index in [0.29, 0.717) is 6.04 Å². The molecule has 1 unspecified atom stereocenters. The van der Waals surface area contributed by atoms with Crippen LogP contribution < -0.4 is 5.73 Å². The van der Waals surface area contributed by atoms with Crippen molar-refractivity contribution in [3.63, 3.8) is 0 Å². The Morgan fingerprint density at radius 1 is 1.20 bits per heavy atom. The predicted octanol–water partition coefficient (Wildman–Crippen LogP) is 1.14. The first kappa shape index (κ1) is 12.9. The fourth-order valence-corrected chi connectivity index (χ4v) is 2.32. The number of rotatable bonds is 5. The summed E-state index contributed by atoms with van der Waals surface area (Å²) in [6.45, 7) is 7.94. The van der Waals surface area contributed by atoms with E-state index >= 15 is 0 Å². The van der Waals surface area contributed by atoms with E-state index in [4.69, 9.17) is 5.73 Å². The topological polar surface area (TPSA) is 32.5 Å². The van der Waals surface area contributed by atoms with E-state index in [2.05, 4.69) is 23.8 Å². The lowest BCUT2D eigenvalue weighted by atomic mass is 10.1. The van der Waals surface area contributed by atoms with Gasteiger partial charge >= 0.3 is 0 Å². The highest BCUT2D eigenvalue weighted by Crippen LogP contribution is 2.11. The van der Waals surface area contributed by atoms with Crippen molar-refractivity contribution in [3.05, 3.63) is 0 Å². The molecule has 3 nitrogen and oxygen atoms in total. The van der Waals surface area contributed by atoms with Crippen LogP contribution >= 0.6 is 0 Å². The van der Waals surface area contributed by atoms with Crippen molar-refractivity contribution in [1.29, 1.82) is 0 Å². The quantitative estimate of drug-likeness (QED) is 0.743. The van der Waals surface area contributed by atoms with Crippen LogP contribution in [0.15, 0.2) is 0 Å². The number of nitrogens with two attached hydrogens (primary N) is 1. The van der Waals surface area contributed by atoms with E-state index < -0.39 is 0 Å². The van der Waals surface area contributed by atoms with Crippen molar-refractivity contribution in [3.8, 4) is 0 Å². The van der Waals surface area contributed by atoms with Gasteiger partial charge in [0.25, 0.3) is 0 Å². The van der Waals surface area contributed by atoms with Gasteiger partial charge in [-0.25, -0.2) is 0 Å². The summed E-state index contributed by atoms with van der Waals surface area (Å²) in [6.07, 6.45) is 5.16. The smallest absolute Gasteiger partial charge is 0.0218 e. The first-order chi connectivity index (χ1) is 7.27. The monoisotopic (exact) mass is 213 g/mol. The minimum absolute atomic E-state index is 0.622. The molecule has 1 heterocycles. The molecule has 90 valence electrons. The van der Waals surface area contributed by atoms with Crippen LogP contribution in [0.25, 0.3) is 0 Å². The second kappa shape index (κ2) is 7.20. The third-order valence-electron chi connectivity index (χ3n) is 3.43. The van der Waals surface area contributed by atoms with Gasteiger partial charge in [-0.2, -0.15) is 0 Å². The Bertz CT molecular complexity index is 161. The van der Waals surface area contributed by atoms with Gasteiger partial charge in [0.05, 0.1) is 0 Å². The zero-order chi connectivity index (χ0) is 11.1. The van der Waals surface area contributed by atoms with Gasteiger partial charge in [0.15, 0.2) is 0 Å².